The summed E-state index contributed by atoms with van der Waals surface area (Å²) in [5.74, 6) is 1.15. The van der Waals surface area contributed by atoms with E-state index in [1.807, 2.05) is 59.5 Å². The van der Waals surface area contributed by atoms with Gasteiger partial charge in [-0.05, 0) is 43.7 Å². The van der Waals surface area contributed by atoms with Gasteiger partial charge in [-0.1, -0.05) is 62.4 Å². The van der Waals surface area contributed by atoms with Crippen LogP contribution in [0, 0.1) is 6.92 Å². The van der Waals surface area contributed by atoms with Gasteiger partial charge in [0.2, 0.25) is 5.91 Å². The summed E-state index contributed by atoms with van der Waals surface area (Å²) >= 11 is 0. The molecule has 0 bridgehead atoms. The molecule has 1 aliphatic rings. The van der Waals surface area contributed by atoms with Gasteiger partial charge >= 0.3 is 0 Å². The molecule has 0 radical (unpaired) electrons. The summed E-state index contributed by atoms with van der Waals surface area (Å²) in [6, 6.07) is 20.3. The molecule has 6 heteroatoms. The minimum Gasteiger partial charge on any atom is -0.354 e. The number of amides is 1. The normalized spacial score (nSPS) is 14.5. The van der Waals surface area contributed by atoms with E-state index in [9.17, 15) is 4.79 Å². The largest absolute Gasteiger partial charge is 0.354 e. The van der Waals surface area contributed by atoms with Crippen LogP contribution in [0.1, 0.15) is 37.1 Å². The summed E-state index contributed by atoms with van der Waals surface area (Å²) in [5, 5.41) is 4.97. The highest BCUT2D eigenvalue weighted by Crippen LogP contribution is 2.30. The summed E-state index contributed by atoms with van der Waals surface area (Å²) in [7, 11) is 0. The number of likely N-dealkylation sites (N-methyl/N-ethyl adjacent to an activating group) is 1. The van der Waals surface area contributed by atoms with Gasteiger partial charge in [-0.25, -0.2) is 4.68 Å². The number of piperazine rings is 1. The van der Waals surface area contributed by atoms with Gasteiger partial charge in [-0.3, -0.25) is 4.79 Å². The molecule has 0 saturated carbocycles. The summed E-state index contributed by atoms with van der Waals surface area (Å²) < 4.78 is 2.07. The number of anilines is 1. The molecule has 1 saturated heterocycles. The van der Waals surface area contributed by atoms with Crippen LogP contribution in [0.25, 0.3) is 11.8 Å². The Morgan fingerprint density at radius 1 is 0.971 bits per heavy atom. The smallest absolute Gasteiger partial charge is 0.246 e. The number of hydrogen-bond acceptors (Lipinski definition) is 4. The molecule has 2 aromatic carbocycles. The van der Waals surface area contributed by atoms with Crippen molar-refractivity contribution in [3.63, 3.8) is 0 Å². The second kappa shape index (κ2) is 11.8. The lowest BCUT2D eigenvalue weighted by atomic mass is 10.1. The molecule has 6 nitrogen and oxygen atoms in total. The Morgan fingerprint density at radius 3 is 2.26 bits per heavy atom. The average Bonchev–Trinajstić information content (AvgIpc) is 3.23. The summed E-state index contributed by atoms with van der Waals surface area (Å²) in [5.41, 5.74) is 4.18. The van der Waals surface area contributed by atoms with Crippen molar-refractivity contribution in [3.05, 3.63) is 83.6 Å². The SMILES string of the molecule is CCCN(Cc1c(C)nn(-c2ccccc2)c1N1CCN(CC)CC1)C(=O)/C=C/c1ccccc1. The Morgan fingerprint density at radius 2 is 1.63 bits per heavy atom. The minimum atomic E-state index is 0.0318. The van der Waals surface area contributed by atoms with Crippen molar-refractivity contribution in [3.8, 4) is 5.69 Å². The first-order chi connectivity index (χ1) is 17.1. The Labute approximate surface area is 209 Å². The van der Waals surface area contributed by atoms with Crippen molar-refractivity contribution in [2.45, 2.75) is 33.7 Å². The molecule has 0 N–H and O–H groups in total. The molecule has 1 aromatic heterocycles. The zero-order chi connectivity index (χ0) is 24.6. The lowest BCUT2D eigenvalue weighted by molar-refractivity contribution is -0.126. The van der Waals surface area contributed by atoms with E-state index >= 15 is 0 Å². The van der Waals surface area contributed by atoms with Gasteiger partial charge in [0, 0.05) is 44.4 Å². The number of hydrogen-bond donors (Lipinski definition) is 0. The first-order valence-electron chi connectivity index (χ1n) is 12.7. The van der Waals surface area contributed by atoms with Crippen molar-refractivity contribution < 1.29 is 4.79 Å². The van der Waals surface area contributed by atoms with Crippen LogP contribution in [0.2, 0.25) is 0 Å². The molecule has 1 fully saturated rings. The van der Waals surface area contributed by atoms with E-state index in [1.54, 1.807) is 6.08 Å². The Kier molecular flexibility index (Phi) is 8.37. The topological polar surface area (TPSA) is 44.6 Å². The Bertz CT molecular complexity index is 1110. The number of carbonyl (C=O) groups excluding carboxylic acids is 1. The molecule has 1 amide bonds. The maximum atomic E-state index is 13.3. The van der Waals surface area contributed by atoms with E-state index in [2.05, 4.69) is 47.4 Å². The van der Waals surface area contributed by atoms with Gasteiger partial charge in [-0.2, -0.15) is 5.10 Å². The molecule has 4 rings (SSSR count). The van der Waals surface area contributed by atoms with Gasteiger partial charge in [0.1, 0.15) is 5.82 Å². The highest BCUT2D eigenvalue weighted by Gasteiger charge is 2.27. The molecule has 0 atom stereocenters. The van der Waals surface area contributed by atoms with E-state index < -0.39 is 0 Å². The molecular formula is C29H37N5O. The predicted molar refractivity (Wildman–Crippen MR) is 144 cm³/mol. The van der Waals surface area contributed by atoms with Gasteiger partial charge in [0.05, 0.1) is 17.9 Å². The number of aromatic nitrogens is 2. The third-order valence-corrected chi connectivity index (χ3v) is 6.65. The van der Waals surface area contributed by atoms with E-state index in [0.29, 0.717) is 13.1 Å². The number of rotatable bonds is 9. The average molecular weight is 472 g/mol. The molecule has 2 heterocycles. The highest BCUT2D eigenvalue weighted by molar-refractivity contribution is 5.91. The van der Waals surface area contributed by atoms with E-state index in [0.717, 1.165) is 67.5 Å². The Balaban J connectivity index is 1.66. The van der Waals surface area contributed by atoms with E-state index in [1.165, 1.54) is 0 Å². The van der Waals surface area contributed by atoms with Crippen LogP contribution in [0.3, 0.4) is 0 Å². The lowest BCUT2D eigenvalue weighted by Crippen LogP contribution is -2.47. The van der Waals surface area contributed by atoms with Crippen LogP contribution < -0.4 is 4.90 Å². The fraction of sp³-hybridized carbons (Fsp3) is 0.379. The van der Waals surface area contributed by atoms with Crippen LogP contribution in [0.4, 0.5) is 5.82 Å². The molecule has 0 spiro atoms. The second-order valence-corrected chi connectivity index (χ2v) is 9.06. The zero-order valence-electron chi connectivity index (χ0n) is 21.2. The van der Waals surface area contributed by atoms with Gasteiger partial charge in [0.15, 0.2) is 0 Å². The summed E-state index contributed by atoms with van der Waals surface area (Å²) in [6.07, 6.45) is 4.50. The molecule has 0 unspecified atom stereocenters. The van der Waals surface area contributed by atoms with Gasteiger partial charge in [0.25, 0.3) is 0 Å². The highest BCUT2D eigenvalue weighted by atomic mass is 16.2. The quantitative estimate of drug-likeness (QED) is 0.422. The number of para-hydroxylation sites is 1. The number of nitrogens with zero attached hydrogens (tertiary/aromatic N) is 5. The van der Waals surface area contributed by atoms with E-state index in [-0.39, 0.29) is 5.91 Å². The third-order valence-electron chi connectivity index (χ3n) is 6.65. The molecule has 1 aliphatic heterocycles. The second-order valence-electron chi connectivity index (χ2n) is 9.06. The van der Waals surface area contributed by atoms with Gasteiger partial charge < -0.3 is 14.7 Å². The van der Waals surface area contributed by atoms with Crippen LogP contribution >= 0.6 is 0 Å². The minimum absolute atomic E-state index is 0.0318. The lowest BCUT2D eigenvalue weighted by Gasteiger charge is -2.36. The van der Waals surface area contributed by atoms with Crippen LogP contribution in [-0.2, 0) is 11.3 Å². The first kappa shape index (κ1) is 24.7. The number of aryl methyl sites for hydroxylation is 1. The maximum Gasteiger partial charge on any atom is 0.246 e. The predicted octanol–water partition coefficient (Wildman–Crippen LogP) is 4.77. The third kappa shape index (κ3) is 6.01. The van der Waals surface area contributed by atoms with Crippen molar-refractivity contribution in [1.29, 1.82) is 0 Å². The van der Waals surface area contributed by atoms with Crippen molar-refractivity contribution in [2.24, 2.45) is 0 Å². The van der Waals surface area contributed by atoms with Crippen LogP contribution in [0.15, 0.2) is 66.7 Å². The molecule has 184 valence electrons. The number of benzene rings is 2. The molecule has 0 aliphatic carbocycles. The fourth-order valence-electron chi connectivity index (χ4n) is 4.65. The van der Waals surface area contributed by atoms with E-state index in [4.69, 9.17) is 5.10 Å². The monoisotopic (exact) mass is 471 g/mol. The first-order valence-corrected chi connectivity index (χ1v) is 12.7. The van der Waals surface area contributed by atoms with Crippen molar-refractivity contribution >= 4 is 17.8 Å². The van der Waals surface area contributed by atoms with Gasteiger partial charge in [-0.15, -0.1) is 0 Å². The summed E-state index contributed by atoms with van der Waals surface area (Å²) in [6.45, 7) is 12.7. The molecular weight excluding hydrogens is 434 g/mol. The standard InChI is InChI=1S/C29H37N5O/c1-4-18-33(28(35)17-16-25-12-8-6-9-13-25)23-27-24(3)30-34(26-14-10-7-11-15-26)29(27)32-21-19-31(5-2)20-22-32/h6-17H,4-5,18-23H2,1-3H3/b17-16+. The molecule has 3 aromatic rings. The summed E-state index contributed by atoms with van der Waals surface area (Å²) in [4.78, 5) is 20.1. The number of carbonyl (C=O) groups is 1. The maximum absolute atomic E-state index is 13.3. The fourth-order valence-corrected chi connectivity index (χ4v) is 4.65. The zero-order valence-corrected chi connectivity index (χ0v) is 21.2. The van der Waals surface area contributed by atoms with Crippen molar-refractivity contribution in [2.75, 3.05) is 44.2 Å². The van der Waals surface area contributed by atoms with Crippen LogP contribution in [-0.4, -0.2) is 64.8 Å². The van der Waals surface area contributed by atoms with Crippen molar-refractivity contribution in [1.82, 2.24) is 19.6 Å². The Hall–Kier alpha value is -3.38. The molecule has 35 heavy (non-hydrogen) atoms. The van der Waals surface area contributed by atoms with Crippen LogP contribution in [0.5, 0.6) is 0 Å².